The number of hydrogen-bond acceptors (Lipinski definition) is 10. The van der Waals surface area contributed by atoms with Crippen LogP contribution in [0.2, 0.25) is 0 Å². The zero-order chi connectivity index (χ0) is 24.3. The molecule has 0 unspecified atom stereocenters. The smallest absolute Gasteiger partial charge is 0.297 e. The molecule has 4 rings (SSSR count). The summed E-state index contributed by atoms with van der Waals surface area (Å²) in [5, 5.41) is 0. The van der Waals surface area contributed by atoms with Gasteiger partial charge in [-0.25, -0.2) is 0 Å². The number of fused-ring (bicyclic) bond motifs is 1. The summed E-state index contributed by atoms with van der Waals surface area (Å²) in [5.74, 6) is 0. The van der Waals surface area contributed by atoms with Gasteiger partial charge in [0.2, 0.25) is 0 Å². The van der Waals surface area contributed by atoms with Crippen molar-refractivity contribution in [2.24, 2.45) is 0 Å². The maximum Gasteiger partial charge on any atom is 0.297 e. The maximum absolute atomic E-state index is 12.5. The van der Waals surface area contributed by atoms with E-state index in [1.807, 2.05) is 13.8 Å². The van der Waals surface area contributed by atoms with Gasteiger partial charge < -0.3 is 18.9 Å². The summed E-state index contributed by atoms with van der Waals surface area (Å²) < 4.78 is 82.7. The molecule has 0 radical (unpaired) electrons. The van der Waals surface area contributed by atoms with Crippen molar-refractivity contribution in [3.05, 3.63) is 59.7 Å². The zero-order valence-corrected chi connectivity index (χ0v) is 20.3. The molecule has 2 saturated heterocycles. The van der Waals surface area contributed by atoms with Crippen molar-refractivity contribution in [2.45, 2.75) is 48.1 Å². The Labute approximate surface area is 198 Å². The van der Waals surface area contributed by atoms with Gasteiger partial charge in [0, 0.05) is 0 Å². The van der Waals surface area contributed by atoms with Gasteiger partial charge in [-0.05, 0) is 38.1 Å². The third-order valence-corrected chi connectivity index (χ3v) is 8.13. The highest BCUT2D eigenvalue weighted by atomic mass is 32.2. The van der Waals surface area contributed by atoms with Crippen molar-refractivity contribution >= 4 is 20.2 Å². The van der Waals surface area contributed by atoms with Crippen molar-refractivity contribution in [1.29, 1.82) is 0 Å². The minimum Gasteiger partial charge on any atom is -0.347 e. The van der Waals surface area contributed by atoms with Crippen LogP contribution in [0.1, 0.15) is 11.1 Å². The van der Waals surface area contributed by atoms with Crippen LogP contribution in [-0.4, -0.2) is 68.1 Å². The Hall–Kier alpha value is -1.90. The SMILES string of the molecule is Cc1ccc(S(=O)(=O)OC[C@@H]2OCO[C@H]3[C@H]2OCO[C@H]3COS(=O)(=O)c2ccc(C)cc2)cc1. The molecular weight excluding hydrogens is 488 g/mol. The van der Waals surface area contributed by atoms with Crippen LogP contribution in [0.25, 0.3) is 0 Å². The van der Waals surface area contributed by atoms with Crippen LogP contribution < -0.4 is 0 Å². The Morgan fingerprint density at radius 3 is 1.35 bits per heavy atom. The first-order valence-electron chi connectivity index (χ1n) is 10.5. The molecule has 2 heterocycles. The van der Waals surface area contributed by atoms with E-state index >= 15 is 0 Å². The first kappa shape index (κ1) is 25.2. The maximum atomic E-state index is 12.5. The third-order valence-electron chi connectivity index (χ3n) is 5.54. The van der Waals surface area contributed by atoms with Crippen LogP contribution in [0.3, 0.4) is 0 Å². The lowest BCUT2D eigenvalue weighted by Gasteiger charge is -2.43. The van der Waals surface area contributed by atoms with Crippen molar-refractivity contribution in [1.82, 2.24) is 0 Å². The molecule has 12 heteroatoms. The summed E-state index contributed by atoms with van der Waals surface area (Å²) in [5.41, 5.74) is 1.84. The van der Waals surface area contributed by atoms with E-state index in [-0.39, 0.29) is 36.6 Å². The molecule has 186 valence electrons. The van der Waals surface area contributed by atoms with Crippen LogP contribution in [0, 0.1) is 13.8 Å². The lowest BCUT2D eigenvalue weighted by atomic mass is 10.0. The highest BCUT2D eigenvalue weighted by Crippen LogP contribution is 2.28. The molecule has 2 aliphatic rings. The average Bonchev–Trinajstić information content (AvgIpc) is 2.82. The molecule has 2 aromatic carbocycles. The second-order valence-electron chi connectivity index (χ2n) is 8.01. The minimum atomic E-state index is -4.00. The quantitative estimate of drug-likeness (QED) is 0.483. The summed E-state index contributed by atoms with van der Waals surface area (Å²) in [7, 11) is -8.01. The van der Waals surface area contributed by atoms with Crippen molar-refractivity contribution in [2.75, 3.05) is 26.8 Å². The van der Waals surface area contributed by atoms with Crippen LogP contribution >= 0.6 is 0 Å². The van der Waals surface area contributed by atoms with Gasteiger partial charge in [-0.2, -0.15) is 16.8 Å². The van der Waals surface area contributed by atoms with Crippen LogP contribution in [0.5, 0.6) is 0 Å². The molecule has 2 aromatic rings. The second kappa shape index (κ2) is 10.4. The second-order valence-corrected chi connectivity index (χ2v) is 11.2. The van der Waals surface area contributed by atoms with Crippen molar-refractivity contribution in [3.63, 3.8) is 0 Å². The molecule has 0 aliphatic carbocycles. The minimum absolute atomic E-state index is 0.0298. The topological polar surface area (TPSA) is 124 Å². The van der Waals surface area contributed by atoms with Crippen molar-refractivity contribution < 1.29 is 44.1 Å². The van der Waals surface area contributed by atoms with Gasteiger partial charge in [0.15, 0.2) is 0 Å². The molecule has 0 saturated carbocycles. The highest BCUT2D eigenvalue weighted by Gasteiger charge is 2.45. The van der Waals surface area contributed by atoms with E-state index in [1.165, 1.54) is 24.3 Å². The highest BCUT2D eigenvalue weighted by molar-refractivity contribution is 7.87. The first-order valence-corrected chi connectivity index (χ1v) is 13.4. The van der Waals surface area contributed by atoms with Gasteiger partial charge in [0.05, 0.1) is 23.0 Å². The van der Waals surface area contributed by atoms with E-state index in [9.17, 15) is 16.8 Å². The molecule has 10 nitrogen and oxygen atoms in total. The monoisotopic (exact) mass is 514 g/mol. The summed E-state index contributed by atoms with van der Waals surface area (Å²) in [4.78, 5) is 0.0596. The largest absolute Gasteiger partial charge is 0.347 e. The number of ether oxygens (including phenoxy) is 4. The predicted molar refractivity (Wildman–Crippen MR) is 118 cm³/mol. The van der Waals surface area contributed by atoms with Crippen LogP contribution in [-0.2, 0) is 47.5 Å². The molecule has 34 heavy (non-hydrogen) atoms. The van der Waals surface area contributed by atoms with Gasteiger partial charge in [-0.15, -0.1) is 0 Å². The third kappa shape index (κ3) is 5.83. The molecule has 0 bridgehead atoms. The normalized spacial score (nSPS) is 25.6. The Kier molecular flexibility index (Phi) is 7.69. The molecule has 0 aromatic heterocycles. The predicted octanol–water partition coefficient (Wildman–Crippen LogP) is 1.90. The number of hydrogen-bond donors (Lipinski definition) is 0. The Morgan fingerprint density at radius 2 is 1.00 bits per heavy atom. The number of aryl methyl sites for hydroxylation is 2. The van der Waals surface area contributed by atoms with Crippen LogP contribution in [0.15, 0.2) is 58.3 Å². The van der Waals surface area contributed by atoms with E-state index in [0.717, 1.165) is 11.1 Å². The summed E-state index contributed by atoms with van der Waals surface area (Å²) >= 11 is 0. The fraction of sp³-hybridized carbons (Fsp3) is 0.455. The van der Waals surface area contributed by atoms with Gasteiger partial charge >= 0.3 is 0 Å². The van der Waals surface area contributed by atoms with E-state index in [1.54, 1.807) is 24.3 Å². The molecule has 0 amide bonds. The lowest BCUT2D eigenvalue weighted by molar-refractivity contribution is -0.327. The molecular formula is C22H26O10S2. The van der Waals surface area contributed by atoms with Crippen LogP contribution in [0.4, 0.5) is 0 Å². The van der Waals surface area contributed by atoms with Crippen molar-refractivity contribution in [3.8, 4) is 0 Å². The van der Waals surface area contributed by atoms with Gasteiger partial charge in [-0.1, -0.05) is 35.4 Å². The summed E-state index contributed by atoms with van der Waals surface area (Å²) in [6.45, 7) is 2.73. The Bertz CT molecular complexity index is 1080. The first-order chi connectivity index (χ1) is 16.2. The molecule has 2 fully saturated rings. The number of rotatable bonds is 8. The molecule has 0 N–H and O–H groups in total. The van der Waals surface area contributed by atoms with E-state index in [2.05, 4.69) is 0 Å². The van der Waals surface area contributed by atoms with Gasteiger partial charge in [-0.3, -0.25) is 8.37 Å². The molecule has 0 spiro atoms. The van der Waals surface area contributed by atoms with E-state index in [4.69, 9.17) is 27.3 Å². The lowest BCUT2D eigenvalue weighted by Crippen LogP contribution is -2.59. The zero-order valence-electron chi connectivity index (χ0n) is 18.7. The fourth-order valence-corrected chi connectivity index (χ4v) is 5.41. The number of benzene rings is 2. The summed E-state index contributed by atoms with van der Waals surface area (Å²) in [6, 6.07) is 12.6. The summed E-state index contributed by atoms with van der Waals surface area (Å²) in [6.07, 6.45) is -3.05. The van der Waals surface area contributed by atoms with Gasteiger partial charge in [0.25, 0.3) is 20.2 Å². The standard InChI is InChI=1S/C22H26O10S2/c1-15-3-7-17(8-4-15)33(23,24)31-11-19-21-22(30-13-27-19)20(28-14-29-21)12-32-34(25,26)18-9-5-16(2)6-10-18/h3-10,19-22H,11-14H2,1-2H3/t19-,20-,21-,22+/m0/s1. The fourth-order valence-electron chi connectivity index (χ4n) is 3.57. The Balaban J connectivity index is 1.38. The van der Waals surface area contributed by atoms with E-state index < -0.39 is 44.7 Å². The molecule has 4 atom stereocenters. The average molecular weight is 515 g/mol. The Morgan fingerprint density at radius 1 is 0.647 bits per heavy atom. The van der Waals surface area contributed by atoms with E-state index in [0.29, 0.717) is 0 Å². The van der Waals surface area contributed by atoms with Gasteiger partial charge in [0.1, 0.15) is 38.0 Å². The molecule has 2 aliphatic heterocycles.